The summed E-state index contributed by atoms with van der Waals surface area (Å²) in [6.45, 7) is 7.68. The highest BCUT2D eigenvalue weighted by Crippen LogP contribution is 2.06. The molecule has 1 amide bonds. The molecule has 5 nitrogen and oxygen atoms in total. The second kappa shape index (κ2) is 5.95. The van der Waals surface area contributed by atoms with Crippen LogP contribution in [0, 0.1) is 5.92 Å². The zero-order valence-corrected chi connectivity index (χ0v) is 8.82. The standard InChI is InChI=1S/C9H19N3O2/c1-8(2)5-12-3-4-14-6-9(12)11-10-7-13/h7-9,11H,3-6H2,1-2H3,(H,10,13)/t9-/m1/s1. The summed E-state index contributed by atoms with van der Waals surface area (Å²) >= 11 is 0. The van der Waals surface area contributed by atoms with Gasteiger partial charge < -0.3 is 4.74 Å². The topological polar surface area (TPSA) is 53.6 Å². The Morgan fingerprint density at radius 2 is 2.43 bits per heavy atom. The highest BCUT2D eigenvalue weighted by Gasteiger charge is 2.22. The third-order valence-electron chi connectivity index (χ3n) is 2.15. The Bertz CT molecular complexity index is 175. The zero-order chi connectivity index (χ0) is 10.4. The minimum Gasteiger partial charge on any atom is -0.377 e. The van der Waals surface area contributed by atoms with Crippen molar-refractivity contribution in [1.82, 2.24) is 15.8 Å². The van der Waals surface area contributed by atoms with Crippen LogP contribution in [0.2, 0.25) is 0 Å². The minimum atomic E-state index is 0.0938. The molecule has 2 N–H and O–H groups in total. The first kappa shape index (κ1) is 11.4. The van der Waals surface area contributed by atoms with Gasteiger partial charge in [0, 0.05) is 13.1 Å². The third-order valence-corrected chi connectivity index (χ3v) is 2.15. The molecular weight excluding hydrogens is 182 g/mol. The minimum absolute atomic E-state index is 0.0938. The van der Waals surface area contributed by atoms with Crippen molar-refractivity contribution in [2.24, 2.45) is 5.92 Å². The fraction of sp³-hybridized carbons (Fsp3) is 0.889. The van der Waals surface area contributed by atoms with Crippen molar-refractivity contribution in [2.75, 3.05) is 26.3 Å². The van der Waals surface area contributed by atoms with E-state index in [9.17, 15) is 4.79 Å². The van der Waals surface area contributed by atoms with E-state index < -0.39 is 0 Å². The van der Waals surface area contributed by atoms with Crippen molar-refractivity contribution >= 4 is 6.41 Å². The van der Waals surface area contributed by atoms with Gasteiger partial charge in [-0.2, -0.15) is 0 Å². The van der Waals surface area contributed by atoms with E-state index in [1.807, 2.05) is 0 Å². The van der Waals surface area contributed by atoms with E-state index in [0.717, 1.165) is 19.7 Å². The molecule has 0 aromatic rings. The molecule has 0 radical (unpaired) electrons. The van der Waals surface area contributed by atoms with Crippen molar-refractivity contribution in [3.63, 3.8) is 0 Å². The number of ether oxygens (including phenoxy) is 1. The fourth-order valence-corrected chi connectivity index (χ4v) is 1.59. The lowest BCUT2D eigenvalue weighted by Gasteiger charge is -2.36. The van der Waals surface area contributed by atoms with Crippen molar-refractivity contribution in [2.45, 2.75) is 20.0 Å². The first-order valence-electron chi connectivity index (χ1n) is 5.00. The first-order chi connectivity index (χ1) is 6.74. The lowest BCUT2D eigenvalue weighted by Crippen LogP contribution is -2.57. The van der Waals surface area contributed by atoms with E-state index in [1.165, 1.54) is 0 Å². The summed E-state index contributed by atoms with van der Waals surface area (Å²) in [5.41, 5.74) is 5.38. The van der Waals surface area contributed by atoms with Gasteiger partial charge in [0.2, 0.25) is 6.41 Å². The number of nitrogens with zero attached hydrogens (tertiary/aromatic N) is 1. The molecule has 0 spiro atoms. The predicted octanol–water partition coefficient (Wildman–Crippen LogP) is -0.449. The second-order valence-corrected chi connectivity index (χ2v) is 3.89. The Labute approximate surface area is 84.8 Å². The van der Waals surface area contributed by atoms with Crippen LogP contribution in [-0.4, -0.2) is 43.8 Å². The molecule has 0 aromatic carbocycles. The van der Waals surface area contributed by atoms with Crippen molar-refractivity contribution in [3.05, 3.63) is 0 Å². The second-order valence-electron chi connectivity index (χ2n) is 3.89. The van der Waals surface area contributed by atoms with Gasteiger partial charge in [-0.25, -0.2) is 5.43 Å². The summed E-state index contributed by atoms with van der Waals surface area (Å²) in [5, 5.41) is 0. The van der Waals surface area contributed by atoms with Gasteiger partial charge in [-0.15, -0.1) is 0 Å². The number of morpholine rings is 1. The van der Waals surface area contributed by atoms with E-state index in [4.69, 9.17) is 4.74 Å². The van der Waals surface area contributed by atoms with E-state index in [-0.39, 0.29) is 6.17 Å². The first-order valence-corrected chi connectivity index (χ1v) is 5.00. The number of hydrazine groups is 1. The number of hydrogen-bond acceptors (Lipinski definition) is 4. The monoisotopic (exact) mass is 201 g/mol. The number of hydrogen-bond donors (Lipinski definition) is 2. The Kier molecular flexibility index (Phi) is 4.86. The molecule has 0 unspecified atom stereocenters. The highest BCUT2D eigenvalue weighted by molar-refractivity contribution is 5.44. The van der Waals surface area contributed by atoms with Crippen LogP contribution in [0.4, 0.5) is 0 Å². The number of carbonyl (C=O) groups excluding carboxylic acids is 1. The van der Waals surface area contributed by atoms with Gasteiger partial charge in [-0.05, 0) is 5.92 Å². The molecule has 0 saturated carbocycles. The van der Waals surface area contributed by atoms with E-state index in [2.05, 4.69) is 29.6 Å². The van der Waals surface area contributed by atoms with Crippen molar-refractivity contribution < 1.29 is 9.53 Å². The third kappa shape index (κ3) is 3.61. The average Bonchev–Trinajstić information content (AvgIpc) is 2.16. The summed E-state index contributed by atoms with van der Waals surface area (Å²) in [6, 6.07) is 0. The van der Waals surface area contributed by atoms with Crippen LogP contribution in [-0.2, 0) is 9.53 Å². The number of rotatable bonds is 5. The molecule has 0 aliphatic carbocycles. The van der Waals surface area contributed by atoms with Crippen LogP contribution < -0.4 is 10.9 Å². The average molecular weight is 201 g/mol. The summed E-state index contributed by atoms with van der Waals surface area (Å²) in [7, 11) is 0. The predicted molar refractivity (Wildman–Crippen MR) is 53.4 cm³/mol. The highest BCUT2D eigenvalue weighted by atomic mass is 16.5. The molecule has 1 aliphatic rings. The smallest absolute Gasteiger partial charge is 0.221 e. The van der Waals surface area contributed by atoms with Gasteiger partial charge in [-0.3, -0.25) is 15.1 Å². The molecule has 5 heteroatoms. The van der Waals surface area contributed by atoms with Crippen LogP contribution in [0.25, 0.3) is 0 Å². The van der Waals surface area contributed by atoms with Crippen LogP contribution in [0.15, 0.2) is 0 Å². The number of amides is 1. The van der Waals surface area contributed by atoms with Crippen LogP contribution in [0.3, 0.4) is 0 Å². The van der Waals surface area contributed by atoms with Crippen LogP contribution >= 0.6 is 0 Å². The number of nitrogens with one attached hydrogen (secondary N) is 2. The van der Waals surface area contributed by atoms with Gasteiger partial charge >= 0.3 is 0 Å². The normalized spacial score (nSPS) is 23.8. The van der Waals surface area contributed by atoms with Gasteiger partial charge in [0.1, 0.15) is 6.17 Å². The molecule has 1 saturated heterocycles. The van der Waals surface area contributed by atoms with Crippen molar-refractivity contribution in [1.29, 1.82) is 0 Å². The zero-order valence-electron chi connectivity index (χ0n) is 8.82. The molecule has 1 heterocycles. The lowest BCUT2D eigenvalue weighted by atomic mass is 10.2. The van der Waals surface area contributed by atoms with Gasteiger partial charge in [0.15, 0.2) is 0 Å². The largest absolute Gasteiger partial charge is 0.377 e. The Morgan fingerprint density at radius 1 is 1.64 bits per heavy atom. The van der Waals surface area contributed by atoms with Gasteiger partial charge in [-0.1, -0.05) is 13.8 Å². The molecule has 1 aliphatic heterocycles. The van der Waals surface area contributed by atoms with Crippen molar-refractivity contribution in [3.8, 4) is 0 Å². The van der Waals surface area contributed by atoms with Crippen LogP contribution in [0.5, 0.6) is 0 Å². The van der Waals surface area contributed by atoms with Gasteiger partial charge in [0.25, 0.3) is 0 Å². The summed E-state index contributed by atoms with van der Waals surface area (Å²) in [6.07, 6.45) is 0.735. The summed E-state index contributed by atoms with van der Waals surface area (Å²) in [5.74, 6) is 0.619. The number of carbonyl (C=O) groups is 1. The fourth-order valence-electron chi connectivity index (χ4n) is 1.59. The molecule has 0 aromatic heterocycles. The Hall–Kier alpha value is -0.650. The quantitative estimate of drug-likeness (QED) is 0.467. The summed E-state index contributed by atoms with van der Waals surface area (Å²) < 4.78 is 5.33. The molecule has 1 rings (SSSR count). The maximum atomic E-state index is 10.1. The maximum absolute atomic E-state index is 10.1. The van der Waals surface area contributed by atoms with E-state index >= 15 is 0 Å². The van der Waals surface area contributed by atoms with E-state index in [1.54, 1.807) is 0 Å². The molecule has 82 valence electrons. The molecule has 14 heavy (non-hydrogen) atoms. The Balaban J connectivity index is 2.37. The molecule has 1 fully saturated rings. The molecule has 0 bridgehead atoms. The molecular formula is C9H19N3O2. The van der Waals surface area contributed by atoms with Gasteiger partial charge in [0.05, 0.1) is 13.2 Å². The maximum Gasteiger partial charge on any atom is 0.221 e. The van der Waals surface area contributed by atoms with Crippen LogP contribution in [0.1, 0.15) is 13.8 Å². The lowest BCUT2D eigenvalue weighted by molar-refractivity contribution is -0.112. The Morgan fingerprint density at radius 3 is 3.07 bits per heavy atom. The SMILES string of the molecule is CC(C)CN1CCOC[C@@H]1NNC=O. The van der Waals surface area contributed by atoms with E-state index in [0.29, 0.717) is 18.9 Å². The summed E-state index contributed by atoms with van der Waals surface area (Å²) in [4.78, 5) is 12.4. The molecule has 1 atom stereocenters.